The Morgan fingerprint density at radius 3 is 2.43 bits per heavy atom. The molecule has 0 spiro atoms. The molecule has 0 saturated heterocycles. The molecule has 1 aromatic heterocycles. The average molecular weight is 307 g/mol. The lowest BCUT2D eigenvalue weighted by Crippen LogP contribution is -2.11. The van der Waals surface area contributed by atoms with Gasteiger partial charge in [0.15, 0.2) is 5.78 Å². The first-order valence-corrected chi connectivity index (χ1v) is 7.48. The molecule has 116 valence electrons. The van der Waals surface area contributed by atoms with Crippen molar-refractivity contribution in [1.29, 1.82) is 0 Å². The number of Topliss-reactive ketones (excluding diaryl/α,β-unsaturated/α-hetero) is 1. The van der Waals surface area contributed by atoms with Crippen LogP contribution in [0, 0.1) is 0 Å². The number of rotatable bonds is 4. The van der Waals surface area contributed by atoms with E-state index in [9.17, 15) is 9.59 Å². The summed E-state index contributed by atoms with van der Waals surface area (Å²) in [7, 11) is 0. The minimum absolute atomic E-state index is 0.000647. The van der Waals surface area contributed by atoms with E-state index in [1.807, 2.05) is 13.0 Å². The third-order valence-corrected chi connectivity index (χ3v) is 3.68. The van der Waals surface area contributed by atoms with E-state index in [0.717, 1.165) is 23.3 Å². The van der Waals surface area contributed by atoms with Gasteiger partial charge in [0, 0.05) is 23.2 Å². The predicted octanol–water partition coefficient (Wildman–Crippen LogP) is 3.58. The van der Waals surface area contributed by atoms with Crippen molar-refractivity contribution in [1.82, 2.24) is 9.97 Å². The molecule has 3 rings (SSSR count). The highest BCUT2D eigenvalue weighted by Crippen LogP contribution is 2.16. The van der Waals surface area contributed by atoms with E-state index in [4.69, 9.17) is 0 Å². The summed E-state index contributed by atoms with van der Waals surface area (Å²) in [5.74, 6) is 0.701. The van der Waals surface area contributed by atoms with Gasteiger partial charge in [-0.25, -0.2) is 4.98 Å². The fourth-order valence-corrected chi connectivity index (χ4v) is 2.36. The van der Waals surface area contributed by atoms with Crippen LogP contribution in [0.3, 0.4) is 0 Å². The lowest BCUT2D eigenvalue weighted by atomic mass is 10.1. The number of hydrogen-bond acceptors (Lipinski definition) is 3. The molecule has 0 aliphatic carbocycles. The summed E-state index contributed by atoms with van der Waals surface area (Å²) in [6.07, 6.45) is 0.818. The van der Waals surface area contributed by atoms with Gasteiger partial charge in [-0.15, -0.1) is 0 Å². The number of ketones is 1. The van der Waals surface area contributed by atoms with Crippen LogP contribution in [-0.2, 0) is 6.42 Å². The molecule has 1 heterocycles. The van der Waals surface area contributed by atoms with E-state index < -0.39 is 0 Å². The first-order chi connectivity index (χ1) is 11.1. The number of nitrogens with one attached hydrogen (secondary N) is 2. The molecule has 5 nitrogen and oxygen atoms in total. The highest BCUT2D eigenvalue weighted by atomic mass is 16.1. The Labute approximate surface area is 133 Å². The molecule has 1 amide bonds. The van der Waals surface area contributed by atoms with E-state index in [-0.39, 0.29) is 11.7 Å². The summed E-state index contributed by atoms with van der Waals surface area (Å²) in [5.41, 5.74) is 3.53. The number of anilines is 1. The number of benzene rings is 2. The summed E-state index contributed by atoms with van der Waals surface area (Å²) < 4.78 is 0. The van der Waals surface area contributed by atoms with Crippen molar-refractivity contribution >= 4 is 28.4 Å². The molecular weight excluding hydrogens is 290 g/mol. The Balaban J connectivity index is 1.80. The number of H-pyrrole nitrogens is 1. The molecule has 0 saturated carbocycles. The van der Waals surface area contributed by atoms with Gasteiger partial charge >= 0.3 is 0 Å². The van der Waals surface area contributed by atoms with Crippen molar-refractivity contribution in [2.24, 2.45) is 0 Å². The number of amides is 1. The van der Waals surface area contributed by atoms with Crippen molar-refractivity contribution in [3.8, 4) is 0 Å². The Morgan fingerprint density at radius 2 is 1.78 bits per heavy atom. The first-order valence-electron chi connectivity index (χ1n) is 7.48. The number of aryl methyl sites for hydroxylation is 1. The van der Waals surface area contributed by atoms with Crippen LogP contribution in [0.2, 0.25) is 0 Å². The molecule has 5 heteroatoms. The van der Waals surface area contributed by atoms with Crippen molar-refractivity contribution in [3.05, 3.63) is 59.4 Å². The number of carbonyl (C=O) groups is 2. The van der Waals surface area contributed by atoms with Gasteiger partial charge in [0.05, 0.1) is 11.0 Å². The third kappa shape index (κ3) is 3.13. The van der Waals surface area contributed by atoms with Gasteiger partial charge in [-0.1, -0.05) is 6.92 Å². The zero-order valence-electron chi connectivity index (χ0n) is 13.0. The second-order valence-electron chi connectivity index (χ2n) is 5.36. The zero-order valence-corrected chi connectivity index (χ0v) is 13.0. The number of nitrogens with zero attached hydrogens (tertiary/aromatic N) is 1. The fraction of sp³-hybridized carbons (Fsp3) is 0.167. The molecular formula is C18H17N3O2. The number of aromatic amines is 1. The summed E-state index contributed by atoms with van der Waals surface area (Å²) in [5, 5.41) is 2.83. The number of fused-ring (bicyclic) bond motifs is 1. The van der Waals surface area contributed by atoms with Crippen LogP contribution in [0.4, 0.5) is 5.69 Å². The van der Waals surface area contributed by atoms with Gasteiger partial charge in [-0.2, -0.15) is 0 Å². The van der Waals surface area contributed by atoms with E-state index in [1.165, 1.54) is 6.92 Å². The van der Waals surface area contributed by atoms with E-state index in [2.05, 4.69) is 15.3 Å². The Kier molecular flexibility index (Phi) is 3.93. The van der Waals surface area contributed by atoms with Crippen molar-refractivity contribution < 1.29 is 9.59 Å². The van der Waals surface area contributed by atoms with Gasteiger partial charge in [0.1, 0.15) is 5.82 Å². The van der Waals surface area contributed by atoms with Crippen LogP contribution in [0.5, 0.6) is 0 Å². The second-order valence-corrected chi connectivity index (χ2v) is 5.36. The maximum absolute atomic E-state index is 12.3. The minimum atomic E-state index is -0.199. The molecule has 0 aliphatic rings. The Bertz CT molecular complexity index is 879. The topological polar surface area (TPSA) is 74.8 Å². The predicted molar refractivity (Wildman–Crippen MR) is 89.9 cm³/mol. The molecule has 2 aromatic carbocycles. The van der Waals surface area contributed by atoms with Crippen LogP contribution in [0.25, 0.3) is 11.0 Å². The highest BCUT2D eigenvalue weighted by Gasteiger charge is 2.09. The molecule has 3 aromatic rings. The number of carbonyl (C=O) groups excluding carboxylic acids is 2. The maximum atomic E-state index is 12.3. The maximum Gasteiger partial charge on any atom is 0.255 e. The van der Waals surface area contributed by atoms with Gasteiger partial charge in [-0.05, 0) is 49.4 Å². The van der Waals surface area contributed by atoms with Gasteiger partial charge in [0.25, 0.3) is 5.91 Å². The van der Waals surface area contributed by atoms with Gasteiger partial charge in [-0.3, -0.25) is 9.59 Å². The third-order valence-electron chi connectivity index (χ3n) is 3.68. The lowest BCUT2D eigenvalue weighted by molar-refractivity contribution is 0.101. The SMILES string of the molecule is CCc1nc2ccc(C(=O)Nc3ccc(C(C)=O)cc3)cc2[nH]1. The molecule has 0 atom stereocenters. The molecule has 0 unspecified atom stereocenters. The van der Waals surface area contributed by atoms with E-state index in [1.54, 1.807) is 36.4 Å². The Hall–Kier alpha value is -2.95. The van der Waals surface area contributed by atoms with Crippen molar-refractivity contribution in [3.63, 3.8) is 0 Å². The van der Waals surface area contributed by atoms with Gasteiger partial charge < -0.3 is 10.3 Å². The van der Waals surface area contributed by atoms with Crippen LogP contribution in [-0.4, -0.2) is 21.7 Å². The lowest BCUT2D eigenvalue weighted by Gasteiger charge is -2.06. The molecule has 23 heavy (non-hydrogen) atoms. The fourth-order valence-electron chi connectivity index (χ4n) is 2.36. The van der Waals surface area contributed by atoms with Gasteiger partial charge in [0.2, 0.25) is 0 Å². The summed E-state index contributed by atoms with van der Waals surface area (Å²) in [4.78, 5) is 31.2. The molecule has 0 bridgehead atoms. The molecule has 2 N–H and O–H groups in total. The van der Waals surface area contributed by atoms with E-state index in [0.29, 0.717) is 16.8 Å². The molecule has 0 radical (unpaired) electrons. The van der Waals surface area contributed by atoms with Crippen LogP contribution >= 0.6 is 0 Å². The van der Waals surface area contributed by atoms with Crippen molar-refractivity contribution in [2.45, 2.75) is 20.3 Å². The summed E-state index contributed by atoms with van der Waals surface area (Å²) in [6.45, 7) is 3.54. The monoisotopic (exact) mass is 307 g/mol. The number of aromatic nitrogens is 2. The number of hydrogen-bond donors (Lipinski definition) is 2. The average Bonchev–Trinajstić information content (AvgIpc) is 2.97. The first kappa shape index (κ1) is 15.0. The number of imidazole rings is 1. The Morgan fingerprint density at radius 1 is 1.09 bits per heavy atom. The quantitative estimate of drug-likeness (QED) is 0.723. The normalized spacial score (nSPS) is 10.7. The molecule has 0 aliphatic heterocycles. The zero-order chi connectivity index (χ0) is 16.4. The van der Waals surface area contributed by atoms with E-state index >= 15 is 0 Å². The molecule has 0 fully saturated rings. The largest absolute Gasteiger partial charge is 0.342 e. The summed E-state index contributed by atoms with van der Waals surface area (Å²) >= 11 is 0. The minimum Gasteiger partial charge on any atom is -0.342 e. The summed E-state index contributed by atoms with van der Waals surface area (Å²) in [6, 6.07) is 12.2. The standard InChI is InChI=1S/C18H17N3O2/c1-3-17-20-15-9-6-13(10-16(15)21-17)18(23)19-14-7-4-12(5-8-14)11(2)22/h4-10H,3H2,1-2H3,(H,19,23)(H,20,21). The van der Waals surface area contributed by atoms with Crippen LogP contribution in [0.1, 0.15) is 40.4 Å². The van der Waals surface area contributed by atoms with Crippen LogP contribution < -0.4 is 5.32 Å². The van der Waals surface area contributed by atoms with Crippen molar-refractivity contribution in [2.75, 3.05) is 5.32 Å². The second kappa shape index (κ2) is 6.04. The van der Waals surface area contributed by atoms with Crippen LogP contribution in [0.15, 0.2) is 42.5 Å². The smallest absolute Gasteiger partial charge is 0.255 e. The highest BCUT2D eigenvalue weighted by molar-refractivity contribution is 6.06.